The summed E-state index contributed by atoms with van der Waals surface area (Å²) in [5.41, 5.74) is 8.56. The predicted octanol–water partition coefficient (Wildman–Crippen LogP) is 2.56. The van der Waals surface area contributed by atoms with E-state index in [1.807, 2.05) is 0 Å². The number of amides is 3. The number of carbonyl (C=O) groups excluding carboxylic acids is 2. The van der Waals surface area contributed by atoms with Crippen molar-refractivity contribution in [3.8, 4) is 0 Å². The molecule has 1 aliphatic heterocycles. The SMILES string of the molecule is [N-]=[N+]=NCC(=O)N1CCN(c2ccc(F)c(Cl)c2)C1=O. The van der Waals surface area contributed by atoms with E-state index in [1.54, 1.807) is 0 Å². The number of benzene rings is 1. The van der Waals surface area contributed by atoms with Crippen molar-refractivity contribution in [2.24, 2.45) is 5.11 Å². The van der Waals surface area contributed by atoms with Crippen LogP contribution < -0.4 is 4.90 Å². The van der Waals surface area contributed by atoms with Gasteiger partial charge in [0.1, 0.15) is 12.4 Å². The molecule has 1 aromatic carbocycles. The minimum atomic E-state index is -0.585. The van der Waals surface area contributed by atoms with Gasteiger partial charge in [-0.25, -0.2) is 9.18 Å². The van der Waals surface area contributed by atoms with Crippen LogP contribution in [0.2, 0.25) is 5.02 Å². The van der Waals surface area contributed by atoms with E-state index in [4.69, 9.17) is 17.1 Å². The van der Waals surface area contributed by atoms with Gasteiger partial charge in [0.05, 0.1) is 5.02 Å². The monoisotopic (exact) mass is 297 g/mol. The molecule has 1 aromatic rings. The molecule has 3 amide bonds. The molecule has 1 heterocycles. The molecule has 1 aliphatic rings. The van der Waals surface area contributed by atoms with Gasteiger partial charge in [-0.15, -0.1) is 0 Å². The van der Waals surface area contributed by atoms with E-state index < -0.39 is 24.3 Å². The molecule has 9 heteroatoms. The highest BCUT2D eigenvalue weighted by Crippen LogP contribution is 2.25. The Bertz CT molecular complexity index is 617. The summed E-state index contributed by atoms with van der Waals surface area (Å²) in [6.45, 7) is 0.0245. The molecule has 0 N–H and O–H groups in total. The molecule has 0 saturated carbocycles. The van der Waals surface area contributed by atoms with Crippen LogP contribution in [0.3, 0.4) is 0 Å². The first-order valence-corrected chi connectivity index (χ1v) is 6.00. The molecule has 20 heavy (non-hydrogen) atoms. The average molecular weight is 298 g/mol. The number of hydrogen-bond donors (Lipinski definition) is 0. The second kappa shape index (κ2) is 5.77. The molecule has 0 aliphatic carbocycles. The fourth-order valence-electron chi connectivity index (χ4n) is 1.84. The van der Waals surface area contributed by atoms with Crippen molar-refractivity contribution in [2.75, 3.05) is 24.5 Å². The van der Waals surface area contributed by atoms with Crippen molar-refractivity contribution in [1.82, 2.24) is 4.90 Å². The number of hydrogen-bond acceptors (Lipinski definition) is 3. The highest BCUT2D eigenvalue weighted by Gasteiger charge is 2.33. The van der Waals surface area contributed by atoms with Crippen LogP contribution >= 0.6 is 11.6 Å². The third kappa shape index (κ3) is 2.66. The lowest BCUT2D eigenvalue weighted by molar-refractivity contribution is -0.126. The van der Waals surface area contributed by atoms with Gasteiger partial charge >= 0.3 is 6.03 Å². The van der Waals surface area contributed by atoms with Crippen molar-refractivity contribution < 1.29 is 14.0 Å². The molecule has 1 fully saturated rings. The first-order chi connectivity index (χ1) is 9.54. The quantitative estimate of drug-likeness (QED) is 0.487. The standard InChI is InChI=1S/C11H9ClFN5O2/c12-8-5-7(1-2-9(8)13)17-3-4-18(11(17)20)10(19)6-15-16-14/h1-2,5H,3-4,6H2. The Morgan fingerprint density at radius 1 is 1.50 bits per heavy atom. The van der Waals surface area contributed by atoms with Gasteiger partial charge in [-0.3, -0.25) is 14.6 Å². The summed E-state index contributed by atoms with van der Waals surface area (Å²) < 4.78 is 13.1. The molecule has 0 aromatic heterocycles. The van der Waals surface area contributed by atoms with Crippen molar-refractivity contribution in [1.29, 1.82) is 0 Å². The van der Waals surface area contributed by atoms with Crippen molar-refractivity contribution >= 4 is 29.2 Å². The molecule has 7 nitrogen and oxygen atoms in total. The Labute approximate surface area is 118 Å². The first-order valence-electron chi connectivity index (χ1n) is 5.62. The van der Waals surface area contributed by atoms with Crippen LogP contribution in [0.1, 0.15) is 0 Å². The molecule has 104 valence electrons. The van der Waals surface area contributed by atoms with E-state index in [9.17, 15) is 14.0 Å². The number of nitrogens with zero attached hydrogens (tertiary/aromatic N) is 5. The predicted molar refractivity (Wildman–Crippen MR) is 69.9 cm³/mol. The number of halogens is 2. The van der Waals surface area contributed by atoms with Gasteiger partial charge in [0, 0.05) is 23.7 Å². The topological polar surface area (TPSA) is 89.4 Å². The third-order valence-corrected chi connectivity index (χ3v) is 3.08. The van der Waals surface area contributed by atoms with Gasteiger partial charge in [-0.2, -0.15) is 0 Å². The smallest absolute Gasteiger partial charge is 0.292 e. The van der Waals surface area contributed by atoms with E-state index in [-0.39, 0.29) is 18.1 Å². The Kier molecular flexibility index (Phi) is 4.07. The number of azide groups is 1. The zero-order valence-electron chi connectivity index (χ0n) is 10.2. The van der Waals surface area contributed by atoms with Crippen LogP contribution in [0.25, 0.3) is 10.4 Å². The van der Waals surface area contributed by atoms with Gasteiger partial charge < -0.3 is 0 Å². The lowest BCUT2D eigenvalue weighted by Crippen LogP contribution is -2.37. The maximum absolute atomic E-state index is 13.1. The summed E-state index contributed by atoms with van der Waals surface area (Å²) in [6.07, 6.45) is 0. The van der Waals surface area contributed by atoms with E-state index in [2.05, 4.69) is 10.0 Å². The van der Waals surface area contributed by atoms with E-state index in [0.29, 0.717) is 5.69 Å². The van der Waals surface area contributed by atoms with Crippen LogP contribution in [0.15, 0.2) is 23.3 Å². The molecule has 0 unspecified atom stereocenters. The molecule has 0 atom stereocenters. The normalized spacial score (nSPS) is 14.4. The fraction of sp³-hybridized carbons (Fsp3) is 0.273. The number of imide groups is 1. The van der Waals surface area contributed by atoms with E-state index >= 15 is 0 Å². The van der Waals surface area contributed by atoms with Crippen LogP contribution in [-0.4, -0.2) is 36.5 Å². The second-order valence-electron chi connectivity index (χ2n) is 3.97. The van der Waals surface area contributed by atoms with Crippen molar-refractivity contribution in [2.45, 2.75) is 0 Å². The molecular weight excluding hydrogens is 289 g/mol. The Hall–Kier alpha value is -2.31. The van der Waals surface area contributed by atoms with E-state index in [1.165, 1.54) is 17.0 Å². The molecule has 0 spiro atoms. The molecule has 1 saturated heterocycles. The zero-order valence-corrected chi connectivity index (χ0v) is 10.9. The summed E-state index contributed by atoms with van der Waals surface area (Å²) in [4.78, 5) is 28.5. The minimum absolute atomic E-state index is 0.103. The lowest BCUT2D eigenvalue weighted by Gasteiger charge is -2.17. The van der Waals surface area contributed by atoms with Crippen LogP contribution in [-0.2, 0) is 4.79 Å². The summed E-state index contributed by atoms with van der Waals surface area (Å²) in [7, 11) is 0. The third-order valence-electron chi connectivity index (χ3n) is 2.79. The fourth-order valence-corrected chi connectivity index (χ4v) is 2.01. The highest BCUT2D eigenvalue weighted by molar-refractivity contribution is 6.31. The Balaban J connectivity index is 2.16. The van der Waals surface area contributed by atoms with Crippen molar-refractivity contribution in [3.05, 3.63) is 39.5 Å². The first kappa shape index (κ1) is 14.1. The minimum Gasteiger partial charge on any atom is -0.292 e. The van der Waals surface area contributed by atoms with Crippen molar-refractivity contribution in [3.63, 3.8) is 0 Å². The number of rotatable bonds is 3. The molecule has 0 bridgehead atoms. The maximum atomic E-state index is 13.1. The van der Waals surface area contributed by atoms with Gasteiger partial charge in [0.2, 0.25) is 5.91 Å². The lowest BCUT2D eigenvalue weighted by atomic mass is 10.3. The number of carbonyl (C=O) groups is 2. The highest BCUT2D eigenvalue weighted by atomic mass is 35.5. The Morgan fingerprint density at radius 2 is 2.25 bits per heavy atom. The second-order valence-corrected chi connectivity index (χ2v) is 4.37. The summed E-state index contributed by atoms with van der Waals surface area (Å²) >= 11 is 5.66. The van der Waals surface area contributed by atoms with Gasteiger partial charge in [0.25, 0.3) is 0 Å². The molecule has 0 radical (unpaired) electrons. The average Bonchev–Trinajstić information content (AvgIpc) is 2.81. The summed E-state index contributed by atoms with van der Waals surface area (Å²) in [5.74, 6) is -1.16. The largest absolute Gasteiger partial charge is 0.331 e. The summed E-state index contributed by atoms with van der Waals surface area (Å²) in [5, 5.41) is 3.02. The van der Waals surface area contributed by atoms with E-state index in [0.717, 1.165) is 11.0 Å². The van der Waals surface area contributed by atoms with Crippen LogP contribution in [0, 0.1) is 5.82 Å². The molecule has 2 rings (SSSR count). The van der Waals surface area contributed by atoms with Gasteiger partial charge in [-0.1, -0.05) is 16.7 Å². The maximum Gasteiger partial charge on any atom is 0.331 e. The Morgan fingerprint density at radius 3 is 2.90 bits per heavy atom. The van der Waals surface area contributed by atoms with Crippen LogP contribution in [0.5, 0.6) is 0 Å². The van der Waals surface area contributed by atoms with Gasteiger partial charge in [-0.05, 0) is 23.7 Å². The molecular formula is C11H9ClFN5O2. The number of anilines is 1. The van der Waals surface area contributed by atoms with Gasteiger partial charge in [0.15, 0.2) is 0 Å². The number of urea groups is 1. The summed E-state index contributed by atoms with van der Waals surface area (Å²) in [6, 6.07) is 3.32. The van der Waals surface area contributed by atoms with Crippen LogP contribution in [0.4, 0.5) is 14.9 Å². The zero-order chi connectivity index (χ0) is 14.7.